The van der Waals surface area contributed by atoms with Crippen LogP contribution in [0.1, 0.15) is 25.8 Å². The predicted octanol–water partition coefficient (Wildman–Crippen LogP) is 2.74. The van der Waals surface area contributed by atoms with Gasteiger partial charge in [0.2, 0.25) is 0 Å². The minimum atomic E-state index is -0.856. The van der Waals surface area contributed by atoms with Gasteiger partial charge in [-0.1, -0.05) is 18.2 Å². The summed E-state index contributed by atoms with van der Waals surface area (Å²) in [6.45, 7) is 7.67. The lowest BCUT2D eigenvalue weighted by atomic mass is 10.0. The van der Waals surface area contributed by atoms with Crippen LogP contribution in [0.5, 0.6) is 0 Å². The van der Waals surface area contributed by atoms with E-state index >= 15 is 0 Å². The lowest BCUT2D eigenvalue weighted by Crippen LogP contribution is -2.36. The van der Waals surface area contributed by atoms with E-state index in [1.807, 2.05) is 0 Å². The van der Waals surface area contributed by atoms with Gasteiger partial charge in [-0.25, -0.2) is 4.79 Å². The van der Waals surface area contributed by atoms with Crippen molar-refractivity contribution in [1.82, 2.24) is 4.90 Å². The highest BCUT2D eigenvalue weighted by atomic mass is 35.5. The number of nitrogens with zero attached hydrogens (tertiary/aromatic N) is 1. The number of rotatable bonds is 5. The van der Waals surface area contributed by atoms with E-state index in [2.05, 4.69) is 6.58 Å². The van der Waals surface area contributed by atoms with Gasteiger partial charge in [0.1, 0.15) is 0 Å². The largest absolute Gasteiger partial charge is 0.456 e. The van der Waals surface area contributed by atoms with Crippen LogP contribution in [0.4, 0.5) is 5.69 Å². The van der Waals surface area contributed by atoms with Crippen LogP contribution in [-0.4, -0.2) is 36.5 Å². The van der Waals surface area contributed by atoms with Gasteiger partial charge in [-0.15, -0.1) is 0 Å². The molecule has 0 aromatic heterocycles. The number of likely N-dealkylation sites (N-methyl/N-ethyl adjacent to an activating group) is 1. The maximum absolute atomic E-state index is 11.8. The van der Waals surface area contributed by atoms with Crippen LogP contribution in [-0.2, 0) is 14.3 Å². The summed E-state index contributed by atoms with van der Waals surface area (Å²) >= 11 is 5.94. The Labute approximate surface area is 135 Å². The third-order valence-electron chi connectivity index (χ3n) is 3.01. The summed E-state index contributed by atoms with van der Waals surface area (Å²) in [5.74, 6) is -1.54. The topological polar surface area (TPSA) is 72.6 Å². The van der Waals surface area contributed by atoms with Gasteiger partial charge in [-0.2, -0.15) is 0 Å². The van der Waals surface area contributed by atoms with Gasteiger partial charge >= 0.3 is 11.9 Å². The van der Waals surface area contributed by atoms with Crippen molar-refractivity contribution in [2.24, 2.45) is 0 Å². The Morgan fingerprint density at radius 2 is 2.05 bits per heavy atom. The van der Waals surface area contributed by atoms with E-state index in [0.717, 1.165) is 11.1 Å². The van der Waals surface area contributed by atoms with Gasteiger partial charge in [0.05, 0.1) is 6.10 Å². The highest BCUT2D eigenvalue weighted by Gasteiger charge is 2.21. The van der Waals surface area contributed by atoms with Gasteiger partial charge < -0.3 is 15.4 Å². The third kappa shape index (κ3) is 5.07. The number of nitrogens with two attached hydrogens (primary N) is 1. The van der Waals surface area contributed by atoms with Crippen LogP contribution in [0.25, 0.3) is 5.57 Å². The molecule has 0 atom stereocenters. The molecule has 0 unspecified atom stereocenters. The molecule has 0 saturated carbocycles. The zero-order chi connectivity index (χ0) is 16.9. The molecular formula is C16H21ClN2O3. The predicted molar refractivity (Wildman–Crippen MR) is 88.4 cm³/mol. The molecule has 0 aliphatic heterocycles. The average Bonchev–Trinajstić information content (AvgIpc) is 2.45. The molecule has 0 spiro atoms. The number of benzene rings is 1. The maximum Gasteiger partial charge on any atom is 0.397 e. The first kappa shape index (κ1) is 18.0. The molecule has 0 radical (unpaired) electrons. The van der Waals surface area contributed by atoms with Gasteiger partial charge in [-0.3, -0.25) is 4.79 Å². The molecule has 0 bridgehead atoms. The normalized spacial score (nSPS) is 10.4. The number of nitrogen functional groups attached to an aromatic ring is 1. The average molecular weight is 325 g/mol. The van der Waals surface area contributed by atoms with Gasteiger partial charge in [0, 0.05) is 29.9 Å². The molecule has 0 aliphatic rings. The third-order valence-corrected chi connectivity index (χ3v) is 3.24. The molecular weight excluding hydrogens is 304 g/mol. The zero-order valence-electron chi connectivity index (χ0n) is 13.1. The van der Waals surface area contributed by atoms with Gasteiger partial charge in [-0.05, 0) is 44.0 Å². The number of amides is 1. The van der Waals surface area contributed by atoms with E-state index in [1.54, 1.807) is 39.1 Å². The molecule has 1 aromatic rings. The summed E-state index contributed by atoms with van der Waals surface area (Å²) in [6, 6.07) is 5.14. The van der Waals surface area contributed by atoms with Gasteiger partial charge in [0.25, 0.3) is 0 Å². The number of hydrogen-bond donors (Lipinski definition) is 1. The number of anilines is 1. The Morgan fingerprint density at radius 3 is 2.64 bits per heavy atom. The molecule has 1 amide bonds. The summed E-state index contributed by atoms with van der Waals surface area (Å²) < 4.78 is 4.87. The minimum absolute atomic E-state index is 0.328. The lowest BCUT2D eigenvalue weighted by molar-refractivity contribution is -0.162. The fraction of sp³-hybridized carbons (Fsp3) is 0.375. The first-order chi connectivity index (χ1) is 10.2. The fourth-order valence-corrected chi connectivity index (χ4v) is 1.97. The van der Waals surface area contributed by atoms with Crippen molar-refractivity contribution in [1.29, 1.82) is 0 Å². The summed E-state index contributed by atoms with van der Waals surface area (Å²) in [7, 11) is 1.54. The van der Waals surface area contributed by atoms with E-state index in [9.17, 15) is 9.59 Å². The highest BCUT2D eigenvalue weighted by molar-refractivity contribution is 6.32. The number of carbonyl (C=O) groups is 2. The molecule has 1 aromatic carbocycles. The van der Waals surface area contributed by atoms with Crippen LogP contribution in [0.15, 0.2) is 24.8 Å². The number of halogens is 1. The number of hydrogen-bond acceptors (Lipinski definition) is 4. The first-order valence-electron chi connectivity index (χ1n) is 6.91. The minimum Gasteiger partial charge on any atom is -0.456 e. The van der Waals surface area contributed by atoms with Crippen molar-refractivity contribution in [3.63, 3.8) is 0 Å². The van der Waals surface area contributed by atoms with Crippen molar-refractivity contribution in [3.05, 3.63) is 35.4 Å². The lowest BCUT2D eigenvalue weighted by Gasteiger charge is -2.18. The summed E-state index contributed by atoms with van der Waals surface area (Å²) in [5.41, 5.74) is 7.95. The second-order valence-corrected chi connectivity index (χ2v) is 5.70. The molecule has 2 N–H and O–H groups in total. The summed E-state index contributed by atoms with van der Waals surface area (Å²) in [4.78, 5) is 24.7. The van der Waals surface area contributed by atoms with Crippen LogP contribution >= 0.6 is 11.6 Å². The van der Waals surface area contributed by atoms with Gasteiger partial charge in [0.15, 0.2) is 0 Å². The first-order valence-corrected chi connectivity index (χ1v) is 7.29. The Bertz CT molecular complexity index is 585. The monoisotopic (exact) mass is 324 g/mol. The molecule has 6 heteroatoms. The van der Waals surface area contributed by atoms with E-state index < -0.39 is 11.9 Å². The van der Waals surface area contributed by atoms with Crippen molar-refractivity contribution >= 4 is 34.7 Å². The molecule has 1 rings (SSSR count). The zero-order valence-corrected chi connectivity index (χ0v) is 13.8. The molecule has 0 fully saturated rings. The number of esters is 1. The Balaban J connectivity index is 2.61. The van der Waals surface area contributed by atoms with Crippen LogP contribution < -0.4 is 5.73 Å². The van der Waals surface area contributed by atoms with Crippen LogP contribution in [0.2, 0.25) is 5.02 Å². The second-order valence-electron chi connectivity index (χ2n) is 5.27. The highest BCUT2D eigenvalue weighted by Crippen LogP contribution is 2.26. The smallest absolute Gasteiger partial charge is 0.397 e. The van der Waals surface area contributed by atoms with E-state index in [0.29, 0.717) is 23.7 Å². The van der Waals surface area contributed by atoms with E-state index in [1.165, 1.54) is 4.90 Å². The fourth-order valence-electron chi connectivity index (χ4n) is 1.79. The van der Waals surface area contributed by atoms with Crippen molar-refractivity contribution in [2.45, 2.75) is 26.4 Å². The number of carbonyl (C=O) groups excluding carboxylic acids is 2. The van der Waals surface area contributed by atoms with E-state index in [4.69, 9.17) is 22.1 Å². The summed E-state index contributed by atoms with van der Waals surface area (Å²) in [5, 5.41) is 0.565. The Kier molecular flexibility index (Phi) is 6.43. The molecule has 22 heavy (non-hydrogen) atoms. The molecule has 0 saturated heterocycles. The van der Waals surface area contributed by atoms with E-state index in [-0.39, 0.29) is 6.10 Å². The quantitative estimate of drug-likeness (QED) is 0.513. The standard InChI is InChI=1S/C16H21ClN2O3/c1-10(2)22-16(21)15(20)19(4)8-7-11(3)13-9-12(17)5-6-14(13)18/h5-6,9-10H,3,7-8,18H2,1-2,4H3. The van der Waals surface area contributed by atoms with Crippen molar-refractivity contribution in [2.75, 3.05) is 19.3 Å². The van der Waals surface area contributed by atoms with Crippen molar-refractivity contribution < 1.29 is 14.3 Å². The summed E-state index contributed by atoms with van der Waals surface area (Å²) in [6.07, 6.45) is 0.146. The maximum atomic E-state index is 11.8. The Hall–Kier alpha value is -2.01. The SMILES string of the molecule is C=C(CCN(C)C(=O)C(=O)OC(C)C)c1cc(Cl)ccc1N. The molecule has 0 heterocycles. The Morgan fingerprint density at radius 1 is 1.41 bits per heavy atom. The van der Waals surface area contributed by atoms with Crippen molar-refractivity contribution in [3.8, 4) is 0 Å². The number of ether oxygens (including phenoxy) is 1. The molecule has 0 aliphatic carbocycles. The second kappa shape index (κ2) is 7.84. The van der Waals surface area contributed by atoms with Crippen LogP contribution in [0.3, 0.4) is 0 Å². The molecule has 120 valence electrons. The van der Waals surface area contributed by atoms with Crippen LogP contribution in [0, 0.1) is 0 Å². The molecule has 5 nitrogen and oxygen atoms in total.